The molecular weight excluding hydrogens is 282 g/mol. The number of ketones is 1. The van der Waals surface area contributed by atoms with Gasteiger partial charge in [0.25, 0.3) is 10.0 Å². The maximum absolute atomic E-state index is 12.5. The summed E-state index contributed by atoms with van der Waals surface area (Å²) >= 11 is 0. The van der Waals surface area contributed by atoms with Gasteiger partial charge in [-0.2, -0.15) is 4.31 Å². The average Bonchev–Trinajstić information content (AvgIpc) is 2.62. The fraction of sp³-hybridized carbons (Fsp3) is 0.417. The summed E-state index contributed by atoms with van der Waals surface area (Å²) in [7, 11) is -4.01. The topological polar surface area (TPSA) is 110 Å². The van der Waals surface area contributed by atoms with Crippen LogP contribution in [0.1, 0.15) is 19.3 Å². The second kappa shape index (κ2) is 5.68. The van der Waals surface area contributed by atoms with E-state index in [1.807, 2.05) is 0 Å². The first-order valence-electron chi connectivity index (χ1n) is 6.19. The van der Waals surface area contributed by atoms with E-state index >= 15 is 0 Å². The van der Waals surface area contributed by atoms with E-state index in [4.69, 9.17) is 5.73 Å². The van der Waals surface area contributed by atoms with Gasteiger partial charge in [0, 0.05) is 19.2 Å². The zero-order valence-corrected chi connectivity index (χ0v) is 11.5. The SMILES string of the molecule is NC(=O)C1C(=O)CCCCN1S(=O)(=O)c1ccccn1. The number of amides is 1. The highest BCUT2D eigenvalue weighted by atomic mass is 32.2. The summed E-state index contributed by atoms with van der Waals surface area (Å²) in [6.07, 6.45) is 2.53. The number of carbonyl (C=O) groups is 2. The number of pyridine rings is 1. The second-order valence-electron chi connectivity index (χ2n) is 4.51. The number of hydrogen-bond acceptors (Lipinski definition) is 5. The Labute approximate surface area is 116 Å². The zero-order valence-electron chi connectivity index (χ0n) is 10.7. The number of aromatic nitrogens is 1. The second-order valence-corrected chi connectivity index (χ2v) is 6.35. The van der Waals surface area contributed by atoms with Crippen LogP contribution in [0.2, 0.25) is 0 Å². The van der Waals surface area contributed by atoms with Crippen LogP contribution >= 0.6 is 0 Å². The molecule has 1 aromatic rings. The van der Waals surface area contributed by atoms with E-state index in [1.54, 1.807) is 6.07 Å². The van der Waals surface area contributed by atoms with Crippen molar-refractivity contribution < 1.29 is 18.0 Å². The highest BCUT2D eigenvalue weighted by molar-refractivity contribution is 7.89. The van der Waals surface area contributed by atoms with E-state index in [0.717, 1.165) is 4.31 Å². The van der Waals surface area contributed by atoms with Crippen LogP contribution in [0.15, 0.2) is 29.4 Å². The van der Waals surface area contributed by atoms with Crippen LogP contribution in [-0.4, -0.2) is 42.0 Å². The molecule has 0 saturated carbocycles. The molecule has 2 rings (SSSR count). The molecule has 1 atom stereocenters. The first-order valence-corrected chi connectivity index (χ1v) is 7.63. The summed E-state index contributed by atoms with van der Waals surface area (Å²) in [5.41, 5.74) is 5.21. The van der Waals surface area contributed by atoms with Gasteiger partial charge in [-0.25, -0.2) is 13.4 Å². The first-order chi connectivity index (χ1) is 9.44. The van der Waals surface area contributed by atoms with Gasteiger partial charge in [0.05, 0.1) is 0 Å². The number of sulfonamides is 1. The van der Waals surface area contributed by atoms with Crippen LogP contribution in [0.25, 0.3) is 0 Å². The maximum Gasteiger partial charge on any atom is 0.261 e. The van der Waals surface area contributed by atoms with Crippen LogP contribution in [-0.2, 0) is 19.6 Å². The minimum Gasteiger partial charge on any atom is -0.368 e. The standard InChI is InChI=1S/C12H15N3O4S/c13-12(17)11-9(16)5-2-4-8-15(11)20(18,19)10-6-1-3-7-14-10/h1,3,6-7,11H,2,4-5,8H2,(H2,13,17). The molecule has 1 saturated heterocycles. The molecule has 1 fully saturated rings. The molecule has 1 unspecified atom stereocenters. The molecule has 1 amide bonds. The molecule has 1 aliphatic rings. The molecule has 0 radical (unpaired) electrons. The fourth-order valence-electron chi connectivity index (χ4n) is 2.17. The van der Waals surface area contributed by atoms with Gasteiger partial charge in [0.15, 0.2) is 16.9 Å². The van der Waals surface area contributed by atoms with Crippen molar-refractivity contribution in [2.45, 2.75) is 30.3 Å². The lowest BCUT2D eigenvalue weighted by Gasteiger charge is -2.25. The Balaban J connectivity index is 2.46. The summed E-state index contributed by atoms with van der Waals surface area (Å²) in [6, 6.07) is 2.99. The molecule has 7 nitrogen and oxygen atoms in total. The van der Waals surface area contributed by atoms with Crippen LogP contribution in [0, 0.1) is 0 Å². The van der Waals surface area contributed by atoms with E-state index in [-0.39, 0.29) is 18.0 Å². The minimum absolute atomic E-state index is 0.0816. The summed E-state index contributed by atoms with van der Waals surface area (Å²) in [4.78, 5) is 27.2. The van der Waals surface area contributed by atoms with Gasteiger partial charge < -0.3 is 5.73 Å². The maximum atomic E-state index is 12.5. The number of Topliss-reactive ketones (excluding diaryl/α,β-unsaturated/α-hetero) is 1. The number of primary amides is 1. The lowest BCUT2D eigenvalue weighted by atomic mass is 10.1. The predicted octanol–water partition coefficient (Wildman–Crippen LogP) is -0.321. The summed E-state index contributed by atoms with van der Waals surface area (Å²) in [6.45, 7) is 0.0816. The molecule has 2 heterocycles. The Morgan fingerprint density at radius 1 is 1.35 bits per heavy atom. The summed E-state index contributed by atoms with van der Waals surface area (Å²) in [5, 5.41) is -0.194. The van der Waals surface area contributed by atoms with Gasteiger partial charge in [0.1, 0.15) is 0 Å². The molecule has 0 spiro atoms. The molecule has 0 bridgehead atoms. The molecule has 108 valence electrons. The fourth-order valence-corrected chi connectivity index (χ4v) is 3.73. The van der Waals surface area contributed by atoms with E-state index in [2.05, 4.69) is 4.98 Å². The van der Waals surface area contributed by atoms with Crippen molar-refractivity contribution in [2.75, 3.05) is 6.54 Å². The third-order valence-electron chi connectivity index (χ3n) is 3.12. The van der Waals surface area contributed by atoms with Gasteiger partial charge >= 0.3 is 0 Å². The lowest BCUT2D eigenvalue weighted by Crippen LogP contribution is -2.51. The lowest BCUT2D eigenvalue weighted by molar-refractivity contribution is -0.131. The smallest absolute Gasteiger partial charge is 0.261 e. The normalized spacial score (nSPS) is 21.4. The van der Waals surface area contributed by atoms with Crippen molar-refractivity contribution in [3.63, 3.8) is 0 Å². The third-order valence-corrected chi connectivity index (χ3v) is 4.91. The van der Waals surface area contributed by atoms with Crippen molar-refractivity contribution in [3.8, 4) is 0 Å². The Morgan fingerprint density at radius 3 is 2.70 bits per heavy atom. The Morgan fingerprint density at radius 2 is 2.10 bits per heavy atom. The number of carbonyl (C=O) groups excluding carboxylic acids is 2. The quantitative estimate of drug-likeness (QED) is 0.769. The van der Waals surface area contributed by atoms with Crippen LogP contribution < -0.4 is 5.73 Å². The average molecular weight is 297 g/mol. The van der Waals surface area contributed by atoms with Crippen molar-refractivity contribution in [2.24, 2.45) is 5.73 Å². The van der Waals surface area contributed by atoms with Crippen LogP contribution in [0.3, 0.4) is 0 Å². The first kappa shape index (κ1) is 14.6. The minimum atomic E-state index is -4.01. The van der Waals surface area contributed by atoms with E-state index < -0.39 is 27.8 Å². The van der Waals surface area contributed by atoms with Crippen LogP contribution in [0.5, 0.6) is 0 Å². The van der Waals surface area contributed by atoms with Gasteiger partial charge in [-0.1, -0.05) is 6.07 Å². The summed E-state index contributed by atoms with van der Waals surface area (Å²) in [5.74, 6) is -1.41. The van der Waals surface area contributed by atoms with E-state index in [9.17, 15) is 18.0 Å². The molecule has 0 aliphatic carbocycles. The monoisotopic (exact) mass is 297 g/mol. The number of nitrogens with two attached hydrogens (primary N) is 1. The van der Waals surface area contributed by atoms with E-state index in [0.29, 0.717) is 12.8 Å². The molecule has 1 aromatic heterocycles. The molecule has 2 N–H and O–H groups in total. The number of hydrogen-bond donors (Lipinski definition) is 1. The molecular formula is C12H15N3O4S. The summed E-state index contributed by atoms with van der Waals surface area (Å²) < 4.78 is 25.9. The highest BCUT2D eigenvalue weighted by Gasteiger charge is 2.40. The number of nitrogens with zero attached hydrogens (tertiary/aromatic N) is 2. The Bertz CT molecular complexity index is 615. The Hall–Kier alpha value is -1.80. The van der Waals surface area contributed by atoms with Gasteiger partial charge in [-0.05, 0) is 25.0 Å². The van der Waals surface area contributed by atoms with Gasteiger partial charge in [-0.3, -0.25) is 9.59 Å². The predicted molar refractivity (Wildman–Crippen MR) is 70.0 cm³/mol. The third kappa shape index (κ3) is 2.70. The van der Waals surface area contributed by atoms with Gasteiger partial charge in [0.2, 0.25) is 5.91 Å². The zero-order chi connectivity index (χ0) is 14.8. The molecule has 0 aromatic carbocycles. The van der Waals surface area contributed by atoms with E-state index in [1.165, 1.54) is 18.3 Å². The largest absolute Gasteiger partial charge is 0.368 e. The van der Waals surface area contributed by atoms with Gasteiger partial charge in [-0.15, -0.1) is 0 Å². The van der Waals surface area contributed by atoms with Crippen LogP contribution in [0.4, 0.5) is 0 Å². The molecule has 20 heavy (non-hydrogen) atoms. The van der Waals surface area contributed by atoms with Crippen molar-refractivity contribution in [1.29, 1.82) is 0 Å². The van der Waals surface area contributed by atoms with Crippen molar-refractivity contribution in [3.05, 3.63) is 24.4 Å². The molecule has 1 aliphatic heterocycles. The number of rotatable bonds is 3. The van der Waals surface area contributed by atoms with Crippen molar-refractivity contribution >= 4 is 21.7 Å². The molecule has 8 heteroatoms. The Kier molecular flexibility index (Phi) is 4.15. The van der Waals surface area contributed by atoms with Crippen molar-refractivity contribution in [1.82, 2.24) is 9.29 Å². The highest BCUT2D eigenvalue weighted by Crippen LogP contribution is 2.21.